The van der Waals surface area contributed by atoms with Gasteiger partial charge in [0.2, 0.25) is 0 Å². The molecule has 3 rings (SSSR count). The van der Waals surface area contributed by atoms with Crippen LogP contribution in [0.5, 0.6) is 11.5 Å². The van der Waals surface area contributed by atoms with Crippen LogP contribution in [-0.4, -0.2) is 23.2 Å². The molecule has 0 bridgehead atoms. The normalized spacial score (nSPS) is 17.4. The van der Waals surface area contributed by atoms with Crippen molar-refractivity contribution in [3.05, 3.63) is 58.6 Å². The predicted octanol–water partition coefficient (Wildman–Crippen LogP) is 4.16. The minimum Gasteiger partial charge on any atom is -0.508 e. The molecule has 2 atom stereocenters. The van der Waals surface area contributed by atoms with E-state index >= 15 is 0 Å². The Hall–Kier alpha value is -2.01. The molecule has 5 heteroatoms. The number of phenols is 1. The lowest BCUT2D eigenvalue weighted by Gasteiger charge is -2.26. The smallest absolute Gasteiger partial charge is 0.261 e. The van der Waals surface area contributed by atoms with Crippen LogP contribution in [0.1, 0.15) is 32.3 Å². The highest BCUT2D eigenvalue weighted by molar-refractivity contribution is 9.10. The van der Waals surface area contributed by atoms with Gasteiger partial charge in [-0.05, 0) is 68.7 Å². The first-order chi connectivity index (χ1) is 11.9. The number of nitrogens with one attached hydrogen (secondary N) is 1. The zero-order valence-corrected chi connectivity index (χ0v) is 15.9. The first-order valence-corrected chi connectivity index (χ1v) is 9.22. The molecule has 0 aromatic heterocycles. The second kappa shape index (κ2) is 7.08. The van der Waals surface area contributed by atoms with Gasteiger partial charge >= 0.3 is 0 Å². The summed E-state index contributed by atoms with van der Waals surface area (Å²) in [7, 11) is 0. The summed E-state index contributed by atoms with van der Waals surface area (Å²) in [6.45, 7) is 3.79. The zero-order valence-electron chi connectivity index (χ0n) is 14.3. The van der Waals surface area contributed by atoms with Gasteiger partial charge in [0.15, 0.2) is 6.10 Å². The lowest BCUT2D eigenvalue weighted by Crippen LogP contribution is -2.46. The maximum Gasteiger partial charge on any atom is 0.261 e. The highest BCUT2D eigenvalue weighted by Gasteiger charge is 2.49. The Bertz CT molecular complexity index is 739. The van der Waals surface area contributed by atoms with Crippen molar-refractivity contribution in [3.8, 4) is 11.5 Å². The topological polar surface area (TPSA) is 58.6 Å². The molecule has 132 valence electrons. The van der Waals surface area contributed by atoms with Crippen LogP contribution in [0, 0.1) is 0 Å². The molecule has 2 N–H and O–H groups in total. The number of halogens is 1. The van der Waals surface area contributed by atoms with E-state index in [1.165, 1.54) is 17.7 Å². The zero-order chi connectivity index (χ0) is 18.0. The fourth-order valence-corrected chi connectivity index (χ4v) is 3.40. The van der Waals surface area contributed by atoms with Crippen LogP contribution in [0.15, 0.2) is 53.0 Å². The fraction of sp³-hybridized carbons (Fsp3) is 0.350. The molecule has 4 nitrogen and oxygen atoms in total. The van der Waals surface area contributed by atoms with Crippen LogP contribution in [0.25, 0.3) is 0 Å². The minimum absolute atomic E-state index is 0.0224. The van der Waals surface area contributed by atoms with Crippen LogP contribution in [0.3, 0.4) is 0 Å². The maximum absolute atomic E-state index is 12.5. The lowest BCUT2D eigenvalue weighted by atomic mass is 9.89. The first kappa shape index (κ1) is 17.8. The van der Waals surface area contributed by atoms with Gasteiger partial charge in [-0.25, -0.2) is 0 Å². The summed E-state index contributed by atoms with van der Waals surface area (Å²) in [6, 6.07) is 14.7. The van der Waals surface area contributed by atoms with Crippen molar-refractivity contribution < 1.29 is 14.6 Å². The standard InChI is InChI=1S/C20H22BrNO3/c1-13(25-18-9-7-17(23)8-10-18)19(24)22-14(2)20(11-12-20)15-3-5-16(21)6-4-15/h3-10,13-14,23H,11-12H2,1-2H3,(H,22,24). The number of aromatic hydroxyl groups is 1. The molecule has 2 aromatic rings. The molecule has 1 amide bonds. The van der Waals surface area contributed by atoms with Crippen molar-refractivity contribution in [1.82, 2.24) is 5.32 Å². The summed E-state index contributed by atoms with van der Waals surface area (Å²) in [6.07, 6.45) is 1.54. The van der Waals surface area contributed by atoms with Crippen molar-refractivity contribution >= 4 is 21.8 Å². The number of rotatable bonds is 6. The Morgan fingerprint density at radius 2 is 1.72 bits per heavy atom. The average Bonchev–Trinajstić information content (AvgIpc) is 3.39. The van der Waals surface area contributed by atoms with Gasteiger partial charge in [0, 0.05) is 15.9 Å². The quantitative estimate of drug-likeness (QED) is 0.760. The molecule has 25 heavy (non-hydrogen) atoms. The van der Waals surface area contributed by atoms with Crippen LogP contribution >= 0.6 is 15.9 Å². The number of ether oxygens (including phenoxy) is 1. The molecule has 0 aliphatic heterocycles. The van der Waals surface area contributed by atoms with E-state index in [1.54, 1.807) is 19.1 Å². The molecule has 2 aromatic carbocycles. The number of hydrogen-bond acceptors (Lipinski definition) is 3. The third-order valence-corrected chi connectivity index (χ3v) is 5.44. The lowest BCUT2D eigenvalue weighted by molar-refractivity contribution is -0.128. The van der Waals surface area contributed by atoms with Crippen molar-refractivity contribution in [1.29, 1.82) is 0 Å². The van der Waals surface area contributed by atoms with Crippen molar-refractivity contribution in [2.45, 2.75) is 44.2 Å². The van der Waals surface area contributed by atoms with Crippen LogP contribution in [0.4, 0.5) is 0 Å². The van der Waals surface area contributed by atoms with Gasteiger partial charge in [-0.3, -0.25) is 4.79 Å². The Morgan fingerprint density at radius 1 is 1.12 bits per heavy atom. The predicted molar refractivity (Wildman–Crippen MR) is 101 cm³/mol. The van der Waals surface area contributed by atoms with Crippen molar-refractivity contribution in [2.75, 3.05) is 0 Å². The van der Waals surface area contributed by atoms with Crippen LogP contribution in [0.2, 0.25) is 0 Å². The van der Waals surface area contributed by atoms with E-state index in [4.69, 9.17) is 4.74 Å². The minimum atomic E-state index is -0.604. The van der Waals surface area contributed by atoms with E-state index in [-0.39, 0.29) is 23.1 Å². The van der Waals surface area contributed by atoms with E-state index in [1.807, 2.05) is 12.1 Å². The van der Waals surface area contributed by atoms with Gasteiger partial charge in [-0.15, -0.1) is 0 Å². The molecular formula is C20H22BrNO3. The Morgan fingerprint density at radius 3 is 2.28 bits per heavy atom. The van der Waals surface area contributed by atoms with E-state index in [9.17, 15) is 9.90 Å². The number of benzene rings is 2. The molecule has 1 aliphatic rings. The molecule has 1 saturated carbocycles. The van der Waals surface area contributed by atoms with E-state index in [0.29, 0.717) is 5.75 Å². The number of carbonyl (C=O) groups is 1. The summed E-state index contributed by atoms with van der Waals surface area (Å²) in [5.41, 5.74) is 1.28. The number of hydrogen-bond donors (Lipinski definition) is 2. The Balaban J connectivity index is 1.62. The van der Waals surface area contributed by atoms with Gasteiger partial charge in [-0.2, -0.15) is 0 Å². The van der Waals surface area contributed by atoms with Crippen molar-refractivity contribution in [2.24, 2.45) is 0 Å². The van der Waals surface area contributed by atoms with Gasteiger partial charge in [0.05, 0.1) is 0 Å². The molecular weight excluding hydrogens is 382 g/mol. The largest absolute Gasteiger partial charge is 0.508 e. The monoisotopic (exact) mass is 403 g/mol. The van der Waals surface area contributed by atoms with Crippen molar-refractivity contribution in [3.63, 3.8) is 0 Å². The third-order valence-electron chi connectivity index (χ3n) is 4.91. The molecule has 2 unspecified atom stereocenters. The number of carbonyl (C=O) groups excluding carboxylic acids is 1. The van der Waals surface area contributed by atoms with Crippen LogP contribution < -0.4 is 10.1 Å². The Kier molecular flexibility index (Phi) is 5.04. The van der Waals surface area contributed by atoms with Gasteiger partial charge in [0.25, 0.3) is 5.91 Å². The van der Waals surface area contributed by atoms with Crippen LogP contribution in [-0.2, 0) is 10.2 Å². The van der Waals surface area contributed by atoms with E-state index in [2.05, 4.69) is 40.3 Å². The fourth-order valence-electron chi connectivity index (χ4n) is 3.14. The first-order valence-electron chi connectivity index (χ1n) is 8.43. The summed E-state index contributed by atoms with van der Waals surface area (Å²) in [5, 5.41) is 12.4. The van der Waals surface area contributed by atoms with Gasteiger partial charge in [0.1, 0.15) is 11.5 Å². The Labute approximate surface area is 156 Å². The molecule has 0 radical (unpaired) electrons. The molecule has 0 saturated heterocycles. The maximum atomic E-state index is 12.5. The highest BCUT2D eigenvalue weighted by Crippen LogP contribution is 2.51. The summed E-state index contributed by atoms with van der Waals surface area (Å²) in [4.78, 5) is 12.5. The molecule has 1 aliphatic carbocycles. The SMILES string of the molecule is CC(Oc1ccc(O)cc1)C(=O)NC(C)C1(c2ccc(Br)cc2)CC1. The summed E-state index contributed by atoms with van der Waals surface area (Å²) in [5.74, 6) is 0.592. The molecule has 1 fully saturated rings. The van der Waals surface area contributed by atoms with Gasteiger partial charge in [-0.1, -0.05) is 28.1 Å². The van der Waals surface area contributed by atoms with E-state index < -0.39 is 6.10 Å². The summed E-state index contributed by atoms with van der Waals surface area (Å²) < 4.78 is 6.71. The second-order valence-electron chi connectivity index (χ2n) is 6.65. The third kappa shape index (κ3) is 3.98. The summed E-state index contributed by atoms with van der Waals surface area (Å²) >= 11 is 3.46. The van der Waals surface area contributed by atoms with Gasteiger partial charge < -0.3 is 15.2 Å². The number of phenolic OH excluding ortho intramolecular Hbond substituents is 1. The number of amides is 1. The second-order valence-corrected chi connectivity index (χ2v) is 7.56. The average molecular weight is 404 g/mol. The van der Waals surface area contributed by atoms with E-state index in [0.717, 1.165) is 17.3 Å². The molecule has 0 heterocycles. The molecule has 0 spiro atoms. The highest BCUT2D eigenvalue weighted by atomic mass is 79.9.